The average molecular weight is 357 g/mol. The minimum atomic E-state index is -4.89. The molecule has 0 saturated heterocycles. The Morgan fingerprint density at radius 2 is 1.64 bits per heavy atom. The van der Waals surface area contributed by atoms with Crippen LogP contribution in [0.4, 0.5) is 23.2 Å². The minimum Gasteiger partial charge on any atom is -0.493 e. The van der Waals surface area contributed by atoms with Crippen molar-refractivity contribution >= 4 is 11.6 Å². The van der Waals surface area contributed by atoms with Crippen molar-refractivity contribution in [2.75, 3.05) is 19.5 Å². The van der Waals surface area contributed by atoms with Crippen LogP contribution in [0.15, 0.2) is 30.3 Å². The molecule has 0 aliphatic carbocycles. The molecular formula is C17H15F4NO3. The first kappa shape index (κ1) is 18.6. The molecule has 1 amide bonds. The van der Waals surface area contributed by atoms with E-state index >= 15 is 0 Å². The van der Waals surface area contributed by atoms with E-state index in [1.165, 1.54) is 20.3 Å². The van der Waals surface area contributed by atoms with Gasteiger partial charge in [0, 0.05) is 17.3 Å². The van der Waals surface area contributed by atoms with Gasteiger partial charge in [-0.1, -0.05) is 0 Å². The van der Waals surface area contributed by atoms with Crippen LogP contribution < -0.4 is 14.8 Å². The molecule has 0 atom stereocenters. The molecule has 0 fully saturated rings. The second-order valence-electron chi connectivity index (χ2n) is 5.17. The summed E-state index contributed by atoms with van der Waals surface area (Å²) in [6.07, 6.45) is -4.89. The van der Waals surface area contributed by atoms with E-state index in [1.807, 2.05) is 0 Å². The fourth-order valence-electron chi connectivity index (χ4n) is 2.19. The molecule has 0 spiro atoms. The highest BCUT2D eigenvalue weighted by Crippen LogP contribution is 2.34. The Morgan fingerprint density at radius 3 is 2.20 bits per heavy atom. The summed E-state index contributed by atoms with van der Waals surface area (Å²) in [6.45, 7) is 1.68. The molecule has 0 saturated carbocycles. The largest absolute Gasteiger partial charge is 0.493 e. The van der Waals surface area contributed by atoms with Gasteiger partial charge in [0.15, 0.2) is 11.5 Å². The summed E-state index contributed by atoms with van der Waals surface area (Å²) in [5.74, 6) is -1.45. The van der Waals surface area contributed by atoms with E-state index < -0.39 is 23.5 Å². The van der Waals surface area contributed by atoms with E-state index in [2.05, 4.69) is 5.32 Å². The van der Waals surface area contributed by atoms with Crippen molar-refractivity contribution in [2.45, 2.75) is 13.1 Å². The summed E-state index contributed by atoms with van der Waals surface area (Å²) < 4.78 is 61.9. The summed E-state index contributed by atoms with van der Waals surface area (Å²) in [6, 6.07) is 5.16. The Hall–Kier alpha value is -2.77. The third kappa shape index (κ3) is 4.01. The molecule has 0 aliphatic rings. The lowest BCUT2D eigenvalue weighted by atomic mass is 10.1. The van der Waals surface area contributed by atoms with Crippen molar-refractivity contribution in [1.82, 2.24) is 0 Å². The quantitative estimate of drug-likeness (QED) is 0.824. The monoisotopic (exact) mass is 357 g/mol. The van der Waals surface area contributed by atoms with Gasteiger partial charge in [0.25, 0.3) is 5.91 Å². The van der Waals surface area contributed by atoms with Crippen LogP contribution in [0.5, 0.6) is 11.5 Å². The maximum Gasteiger partial charge on any atom is 0.419 e. The first-order valence-corrected chi connectivity index (χ1v) is 7.08. The highest BCUT2D eigenvalue weighted by molar-refractivity contribution is 6.05. The number of anilines is 1. The molecule has 25 heavy (non-hydrogen) atoms. The number of ether oxygens (including phenoxy) is 2. The van der Waals surface area contributed by atoms with Gasteiger partial charge in [-0.25, -0.2) is 4.39 Å². The first-order chi connectivity index (χ1) is 11.7. The number of alkyl halides is 3. The second kappa shape index (κ2) is 7.00. The molecule has 2 aromatic rings. The maximum absolute atomic E-state index is 13.3. The van der Waals surface area contributed by atoms with Crippen molar-refractivity contribution in [1.29, 1.82) is 0 Å². The Balaban J connectivity index is 2.35. The highest BCUT2D eigenvalue weighted by atomic mass is 19.4. The lowest BCUT2D eigenvalue weighted by Gasteiger charge is -2.14. The van der Waals surface area contributed by atoms with Gasteiger partial charge in [0.05, 0.1) is 19.8 Å². The molecular weight excluding hydrogens is 342 g/mol. The summed E-state index contributed by atoms with van der Waals surface area (Å²) >= 11 is 0. The smallest absolute Gasteiger partial charge is 0.419 e. The van der Waals surface area contributed by atoms with E-state index in [-0.39, 0.29) is 5.56 Å². The summed E-state index contributed by atoms with van der Waals surface area (Å²) in [5.41, 5.74) is -0.864. The number of benzene rings is 2. The van der Waals surface area contributed by atoms with Gasteiger partial charge < -0.3 is 14.8 Å². The number of amides is 1. The fourth-order valence-corrected chi connectivity index (χ4v) is 2.19. The third-order valence-electron chi connectivity index (χ3n) is 3.51. The van der Waals surface area contributed by atoms with Crippen molar-refractivity contribution < 1.29 is 31.8 Å². The number of rotatable bonds is 4. The van der Waals surface area contributed by atoms with Crippen LogP contribution in [0.3, 0.4) is 0 Å². The SMILES string of the molecule is COc1cc(C)c(NC(=O)c2ccc(F)c(C(F)(F)F)c2)cc1OC. The zero-order valence-corrected chi connectivity index (χ0v) is 13.6. The van der Waals surface area contributed by atoms with Crippen molar-refractivity contribution in [3.05, 3.63) is 52.8 Å². The Kier molecular flexibility index (Phi) is 5.20. The number of halogens is 4. The molecule has 4 nitrogen and oxygen atoms in total. The Labute approximate surface area is 141 Å². The van der Waals surface area contributed by atoms with E-state index in [9.17, 15) is 22.4 Å². The summed E-state index contributed by atoms with van der Waals surface area (Å²) in [5, 5.41) is 2.49. The van der Waals surface area contributed by atoms with Gasteiger partial charge in [0.1, 0.15) is 5.82 Å². The van der Waals surface area contributed by atoms with Crippen LogP contribution in [0, 0.1) is 12.7 Å². The number of carbonyl (C=O) groups excluding carboxylic acids is 1. The van der Waals surface area contributed by atoms with Crippen molar-refractivity contribution in [3.8, 4) is 11.5 Å². The van der Waals surface area contributed by atoms with Crippen LogP contribution >= 0.6 is 0 Å². The Bertz CT molecular complexity index is 803. The van der Waals surface area contributed by atoms with Gasteiger partial charge in [-0.3, -0.25) is 4.79 Å². The molecule has 2 rings (SSSR count). The third-order valence-corrected chi connectivity index (χ3v) is 3.51. The van der Waals surface area contributed by atoms with Crippen LogP contribution in [0.25, 0.3) is 0 Å². The van der Waals surface area contributed by atoms with E-state index in [0.29, 0.717) is 34.9 Å². The van der Waals surface area contributed by atoms with Crippen LogP contribution in [-0.2, 0) is 6.18 Å². The lowest BCUT2D eigenvalue weighted by Crippen LogP contribution is -2.16. The normalized spacial score (nSPS) is 11.2. The molecule has 2 aromatic carbocycles. The zero-order valence-electron chi connectivity index (χ0n) is 13.6. The van der Waals surface area contributed by atoms with Crippen molar-refractivity contribution in [3.63, 3.8) is 0 Å². The number of methoxy groups -OCH3 is 2. The molecule has 8 heteroatoms. The predicted molar refractivity (Wildman–Crippen MR) is 83.6 cm³/mol. The molecule has 0 heterocycles. The Morgan fingerprint density at radius 1 is 1.04 bits per heavy atom. The first-order valence-electron chi connectivity index (χ1n) is 7.08. The van der Waals surface area contributed by atoms with Gasteiger partial charge >= 0.3 is 6.18 Å². The average Bonchev–Trinajstić information content (AvgIpc) is 2.55. The predicted octanol–water partition coefficient (Wildman–Crippen LogP) is 4.42. The van der Waals surface area contributed by atoms with Gasteiger partial charge in [-0.2, -0.15) is 13.2 Å². The molecule has 0 aromatic heterocycles. The van der Waals surface area contributed by atoms with Gasteiger partial charge in [-0.05, 0) is 36.8 Å². The highest BCUT2D eigenvalue weighted by Gasteiger charge is 2.34. The molecule has 0 unspecified atom stereocenters. The number of hydrogen-bond donors (Lipinski definition) is 1. The standard InChI is InChI=1S/C17H15F4NO3/c1-9-6-14(24-2)15(25-3)8-13(9)22-16(23)10-4-5-12(18)11(7-10)17(19,20)21/h4-8H,1-3H3,(H,22,23). The number of nitrogens with one attached hydrogen (secondary N) is 1. The van der Waals surface area contributed by atoms with E-state index in [4.69, 9.17) is 9.47 Å². The molecule has 134 valence electrons. The van der Waals surface area contributed by atoms with E-state index in [0.717, 1.165) is 6.07 Å². The number of aryl methyl sites for hydroxylation is 1. The molecule has 0 bridgehead atoms. The maximum atomic E-state index is 13.3. The number of hydrogen-bond acceptors (Lipinski definition) is 3. The topological polar surface area (TPSA) is 47.6 Å². The fraction of sp³-hybridized carbons (Fsp3) is 0.235. The van der Waals surface area contributed by atoms with Crippen LogP contribution in [-0.4, -0.2) is 20.1 Å². The van der Waals surface area contributed by atoms with Gasteiger partial charge in [-0.15, -0.1) is 0 Å². The van der Waals surface area contributed by atoms with E-state index in [1.54, 1.807) is 13.0 Å². The summed E-state index contributed by atoms with van der Waals surface area (Å²) in [7, 11) is 2.86. The van der Waals surface area contributed by atoms with Crippen molar-refractivity contribution in [2.24, 2.45) is 0 Å². The molecule has 0 radical (unpaired) electrons. The molecule has 0 aliphatic heterocycles. The summed E-state index contributed by atoms with van der Waals surface area (Å²) in [4.78, 5) is 12.2. The second-order valence-corrected chi connectivity index (χ2v) is 5.17. The van der Waals surface area contributed by atoms with Crippen LogP contribution in [0.1, 0.15) is 21.5 Å². The van der Waals surface area contributed by atoms with Gasteiger partial charge in [0.2, 0.25) is 0 Å². The zero-order chi connectivity index (χ0) is 18.8. The minimum absolute atomic E-state index is 0.317. The van der Waals surface area contributed by atoms with Crippen LogP contribution in [0.2, 0.25) is 0 Å². The lowest BCUT2D eigenvalue weighted by molar-refractivity contribution is -0.140. The number of carbonyl (C=O) groups is 1. The molecule has 1 N–H and O–H groups in total.